The normalized spacial score (nSPS) is 18.9. The molecule has 0 radical (unpaired) electrons. The second-order valence-corrected chi connectivity index (χ2v) is 3.56. The van der Waals surface area contributed by atoms with Crippen molar-refractivity contribution in [3.8, 4) is 5.75 Å². The molecule has 74 valence electrons. The van der Waals surface area contributed by atoms with Crippen molar-refractivity contribution < 1.29 is 9.53 Å². The number of carbonyl (C=O) groups excluding carboxylic acids is 1. The van der Waals surface area contributed by atoms with Crippen molar-refractivity contribution in [3.63, 3.8) is 0 Å². The minimum Gasteiger partial charge on any atom is -0.488 e. The zero-order valence-corrected chi connectivity index (χ0v) is 8.12. The highest BCUT2D eigenvalue weighted by Gasteiger charge is 2.21. The molecule has 3 nitrogen and oxygen atoms in total. The van der Waals surface area contributed by atoms with Crippen molar-refractivity contribution in [2.75, 3.05) is 6.54 Å². The zero-order chi connectivity index (χ0) is 10.1. The van der Waals surface area contributed by atoms with Crippen LogP contribution in [0.5, 0.6) is 5.75 Å². The lowest BCUT2D eigenvalue weighted by molar-refractivity contribution is 0.101. The molecule has 0 aliphatic carbocycles. The summed E-state index contributed by atoms with van der Waals surface area (Å²) in [6, 6.07) is 5.54. The third kappa shape index (κ3) is 1.51. The number of fused-ring (bicyclic) bond motifs is 1. The fraction of sp³-hybridized carbons (Fsp3) is 0.364. The van der Waals surface area contributed by atoms with E-state index < -0.39 is 0 Å². The lowest BCUT2D eigenvalue weighted by Gasteiger charge is -2.05. The molecule has 3 heteroatoms. The van der Waals surface area contributed by atoms with E-state index in [9.17, 15) is 4.79 Å². The van der Waals surface area contributed by atoms with E-state index in [-0.39, 0.29) is 11.9 Å². The second kappa shape index (κ2) is 3.42. The molecule has 0 bridgehead atoms. The molecular weight excluding hydrogens is 178 g/mol. The summed E-state index contributed by atoms with van der Waals surface area (Å²) >= 11 is 0. The Morgan fingerprint density at radius 1 is 1.64 bits per heavy atom. The van der Waals surface area contributed by atoms with Crippen molar-refractivity contribution in [2.45, 2.75) is 19.4 Å². The van der Waals surface area contributed by atoms with Gasteiger partial charge in [0.1, 0.15) is 11.9 Å². The molecule has 1 aromatic rings. The average Bonchev–Trinajstić information content (AvgIpc) is 2.58. The number of nitrogens with two attached hydrogens (primary N) is 1. The first kappa shape index (κ1) is 9.21. The summed E-state index contributed by atoms with van der Waals surface area (Å²) in [6.07, 6.45) is 0.889. The van der Waals surface area contributed by atoms with E-state index in [2.05, 4.69) is 0 Å². The lowest BCUT2D eigenvalue weighted by atomic mass is 10.0. The predicted octanol–water partition coefficient (Wildman–Crippen LogP) is 1.15. The van der Waals surface area contributed by atoms with Gasteiger partial charge in [0, 0.05) is 18.5 Å². The minimum atomic E-state index is 0.0761. The maximum absolute atomic E-state index is 11.1. The van der Waals surface area contributed by atoms with E-state index >= 15 is 0 Å². The van der Waals surface area contributed by atoms with Crippen molar-refractivity contribution in [3.05, 3.63) is 29.3 Å². The van der Waals surface area contributed by atoms with E-state index in [1.54, 1.807) is 13.0 Å². The van der Waals surface area contributed by atoms with Gasteiger partial charge in [-0.3, -0.25) is 4.79 Å². The number of benzene rings is 1. The van der Waals surface area contributed by atoms with Crippen LogP contribution in [0.25, 0.3) is 0 Å². The van der Waals surface area contributed by atoms with Gasteiger partial charge >= 0.3 is 0 Å². The van der Waals surface area contributed by atoms with Gasteiger partial charge < -0.3 is 10.5 Å². The molecule has 1 aliphatic heterocycles. The van der Waals surface area contributed by atoms with Crippen LogP contribution >= 0.6 is 0 Å². The molecule has 0 saturated carbocycles. The third-order valence-corrected chi connectivity index (χ3v) is 2.47. The Labute approximate surface area is 82.9 Å². The van der Waals surface area contributed by atoms with Gasteiger partial charge in [-0.05, 0) is 30.7 Å². The summed E-state index contributed by atoms with van der Waals surface area (Å²) in [7, 11) is 0. The van der Waals surface area contributed by atoms with Crippen LogP contribution in [0.15, 0.2) is 18.2 Å². The summed E-state index contributed by atoms with van der Waals surface area (Å²) in [5, 5.41) is 0. The Morgan fingerprint density at radius 2 is 2.43 bits per heavy atom. The number of hydrogen-bond acceptors (Lipinski definition) is 3. The van der Waals surface area contributed by atoms with Gasteiger partial charge in [0.25, 0.3) is 0 Å². The first-order valence-electron chi connectivity index (χ1n) is 4.71. The summed E-state index contributed by atoms with van der Waals surface area (Å²) in [6.45, 7) is 2.09. The Bertz CT molecular complexity index is 374. The predicted molar refractivity (Wildman–Crippen MR) is 53.6 cm³/mol. The summed E-state index contributed by atoms with van der Waals surface area (Å²) in [5.74, 6) is 0.953. The SMILES string of the molecule is CC(=O)c1ccc2c(c1)CC(CN)O2. The van der Waals surface area contributed by atoms with E-state index in [1.165, 1.54) is 0 Å². The highest BCUT2D eigenvalue weighted by atomic mass is 16.5. The standard InChI is InChI=1S/C11H13NO2/c1-7(13)8-2-3-11-9(4-8)5-10(6-12)14-11/h2-4,10H,5-6,12H2,1H3. The van der Waals surface area contributed by atoms with Gasteiger partial charge in [0.05, 0.1) is 0 Å². The fourth-order valence-corrected chi connectivity index (χ4v) is 1.67. The molecule has 1 heterocycles. The van der Waals surface area contributed by atoms with Crippen LogP contribution in [-0.4, -0.2) is 18.4 Å². The molecule has 0 spiro atoms. The van der Waals surface area contributed by atoms with Crippen LogP contribution < -0.4 is 10.5 Å². The fourth-order valence-electron chi connectivity index (χ4n) is 1.67. The highest BCUT2D eigenvalue weighted by Crippen LogP contribution is 2.29. The quantitative estimate of drug-likeness (QED) is 0.713. The van der Waals surface area contributed by atoms with E-state index in [0.29, 0.717) is 6.54 Å². The van der Waals surface area contributed by atoms with Crippen LogP contribution in [0.1, 0.15) is 22.8 Å². The number of hydrogen-bond donors (Lipinski definition) is 1. The molecule has 14 heavy (non-hydrogen) atoms. The Balaban J connectivity index is 2.31. The molecule has 0 amide bonds. The molecule has 1 unspecified atom stereocenters. The molecule has 1 atom stereocenters. The summed E-state index contributed by atoms with van der Waals surface area (Å²) in [5.41, 5.74) is 7.35. The third-order valence-electron chi connectivity index (χ3n) is 2.47. The van der Waals surface area contributed by atoms with Crippen LogP contribution in [0.3, 0.4) is 0 Å². The Hall–Kier alpha value is -1.35. The minimum absolute atomic E-state index is 0.0761. The summed E-state index contributed by atoms with van der Waals surface area (Å²) in [4.78, 5) is 11.1. The van der Waals surface area contributed by atoms with Crippen LogP contribution in [0, 0.1) is 0 Å². The maximum Gasteiger partial charge on any atom is 0.159 e. The molecule has 1 aliphatic rings. The number of Topliss-reactive ketones (excluding diaryl/α,β-unsaturated/α-hetero) is 1. The van der Waals surface area contributed by atoms with Crippen molar-refractivity contribution in [1.29, 1.82) is 0 Å². The van der Waals surface area contributed by atoms with Crippen LogP contribution in [-0.2, 0) is 6.42 Å². The van der Waals surface area contributed by atoms with E-state index in [0.717, 1.165) is 23.3 Å². The highest BCUT2D eigenvalue weighted by molar-refractivity contribution is 5.94. The van der Waals surface area contributed by atoms with Gasteiger partial charge in [-0.15, -0.1) is 0 Å². The Morgan fingerprint density at radius 3 is 3.07 bits per heavy atom. The van der Waals surface area contributed by atoms with Crippen molar-refractivity contribution >= 4 is 5.78 Å². The van der Waals surface area contributed by atoms with Crippen molar-refractivity contribution in [1.82, 2.24) is 0 Å². The maximum atomic E-state index is 11.1. The van der Waals surface area contributed by atoms with E-state index in [1.807, 2.05) is 12.1 Å². The lowest BCUT2D eigenvalue weighted by Crippen LogP contribution is -2.24. The number of carbonyl (C=O) groups is 1. The average molecular weight is 191 g/mol. The summed E-state index contributed by atoms with van der Waals surface area (Å²) < 4.78 is 5.55. The van der Waals surface area contributed by atoms with Crippen LogP contribution in [0.2, 0.25) is 0 Å². The van der Waals surface area contributed by atoms with Gasteiger partial charge in [-0.2, -0.15) is 0 Å². The molecule has 1 aromatic carbocycles. The Kier molecular flexibility index (Phi) is 2.25. The first-order valence-corrected chi connectivity index (χ1v) is 4.71. The smallest absolute Gasteiger partial charge is 0.159 e. The van der Waals surface area contributed by atoms with Gasteiger partial charge in [0.15, 0.2) is 5.78 Å². The van der Waals surface area contributed by atoms with Crippen molar-refractivity contribution in [2.24, 2.45) is 5.73 Å². The molecule has 0 fully saturated rings. The monoisotopic (exact) mass is 191 g/mol. The number of rotatable bonds is 2. The van der Waals surface area contributed by atoms with Gasteiger partial charge in [0.2, 0.25) is 0 Å². The topological polar surface area (TPSA) is 52.3 Å². The molecule has 0 saturated heterocycles. The molecular formula is C11H13NO2. The van der Waals surface area contributed by atoms with Gasteiger partial charge in [-0.25, -0.2) is 0 Å². The molecule has 0 aromatic heterocycles. The van der Waals surface area contributed by atoms with Gasteiger partial charge in [-0.1, -0.05) is 0 Å². The molecule has 2 N–H and O–H groups in total. The van der Waals surface area contributed by atoms with E-state index in [4.69, 9.17) is 10.5 Å². The number of ketones is 1. The largest absolute Gasteiger partial charge is 0.488 e. The molecule has 2 rings (SSSR count). The number of ether oxygens (including phenoxy) is 1. The van der Waals surface area contributed by atoms with Crippen LogP contribution in [0.4, 0.5) is 0 Å². The zero-order valence-electron chi connectivity index (χ0n) is 8.12. The first-order chi connectivity index (χ1) is 6.70. The second-order valence-electron chi connectivity index (χ2n) is 3.56.